The molecule has 0 amide bonds. The molecule has 0 aliphatic carbocycles. The fourth-order valence-electron chi connectivity index (χ4n) is 11.5. The summed E-state index contributed by atoms with van der Waals surface area (Å²) in [5, 5.41) is 0. The largest absolute Gasteiger partial charge is 1.00 e. The molecule has 3 unspecified atom stereocenters. The Hall–Kier alpha value is -0.191. The Bertz CT molecular complexity index is 3350. The van der Waals surface area contributed by atoms with Crippen molar-refractivity contribution >= 4 is 70.2 Å². The van der Waals surface area contributed by atoms with Crippen molar-refractivity contribution in [1.82, 2.24) is 0 Å². The second-order valence-electron chi connectivity index (χ2n) is 23.2. The van der Waals surface area contributed by atoms with Gasteiger partial charge in [-0.2, -0.15) is 0 Å². The van der Waals surface area contributed by atoms with E-state index >= 15 is 0 Å². The van der Waals surface area contributed by atoms with Crippen LogP contribution in [-0.2, 0) is 63.3 Å². The Morgan fingerprint density at radius 2 is 0.484 bits per heavy atom. The Balaban J connectivity index is 0.000000293. The first-order chi connectivity index (χ1) is 42.4. The zero-order valence-electron chi connectivity index (χ0n) is 53.0. The predicted molar refractivity (Wildman–Crippen MR) is 349 cm³/mol. The van der Waals surface area contributed by atoms with Gasteiger partial charge in [0.1, 0.15) is 30.4 Å². The molecular formula is C63H81K3N3O18P3S3. The molecule has 9 rings (SSSR count). The second-order valence-corrected chi connectivity index (χ2v) is 34.3. The summed E-state index contributed by atoms with van der Waals surface area (Å²) in [6, 6.07) is 48.7. The number of rotatable bonds is 24. The molecule has 3 heterocycles. The van der Waals surface area contributed by atoms with Crippen LogP contribution in [0.25, 0.3) is 33.4 Å². The minimum Gasteiger partial charge on any atom is -0.747 e. The molecule has 0 radical (unpaired) electrons. The molecule has 30 heteroatoms. The van der Waals surface area contributed by atoms with Crippen LogP contribution in [0.5, 0.6) is 0 Å². The fourth-order valence-corrected chi connectivity index (χ4v) is 18.5. The quantitative estimate of drug-likeness (QED) is 0.0287. The maximum Gasteiger partial charge on any atom is 1.00 e. The minimum absolute atomic E-state index is 0. The van der Waals surface area contributed by atoms with Crippen molar-refractivity contribution in [2.75, 3.05) is 54.0 Å². The number of benzene rings is 6. The SMILES string of the molecule is O=P(O)(O)C(CCCc1ccc(-c2ccc(N3CCCCC3)cc2)cc1)S(=O)(=O)[O-].O=P(O)(O)C(CCCc1ccc(-c2ccc(N3CCCCC3)cc2)cc1)S(=O)(=O)[O-].O=P(O)(O)C(CCCc1ccc(-c2ccc(N3CCCCC3)cc2)cc1)S(=O)(=O)[O-].[K+].[K+].[K+]. The number of nitrogens with zero attached hydrogens (tertiary/aromatic N) is 3. The molecular weight excluding hydrogens is 1390 g/mol. The Labute approximate surface area is 676 Å². The maximum absolute atomic E-state index is 11.3. The van der Waals surface area contributed by atoms with Gasteiger partial charge in [0, 0.05) is 56.3 Å². The topological polar surface area (TPSA) is 354 Å². The van der Waals surface area contributed by atoms with E-state index in [1.54, 1.807) is 0 Å². The van der Waals surface area contributed by atoms with Gasteiger partial charge in [-0.1, -0.05) is 109 Å². The zero-order valence-corrected chi connectivity index (χ0v) is 67.6. The van der Waals surface area contributed by atoms with E-state index in [1.165, 1.54) is 74.8 Å². The Kier molecular flexibility index (Phi) is 36.5. The summed E-state index contributed by atoms with van der Waals surface area (Å²) in [6.45, 7) is 6.61. The van der Waals surface area contributed by atoms with Gasteiger partial charge < -0.3 is 57.7 Å². The number of piperidine rings is 3. The van der Waals surface area contributed by atoms with Gasteiger partial charge in [0.15, 0.2) is 15.0 Å². The smallest absolute Gasteiger partial charge is 0.747 e. The van der Waals surface area contributed by atoms with Crippen molar-refractivity contribution in [1.29, 1.82) is 0 Å². The van der Waals surface area contributed by atoms with E-state index in [0.717, 1.165) is 89.3 Å². The monoisotopic (exact) mass is 1470 g/mol. The maximum atomic E-state index is 11.3. The average Bonchev–Trinajstić information content (AvgIpc) is 1.34. The van der Waals surface area contributed by atoms with Gasteiger partial charge in [-0.3, -0.25) is 13.7 Å². The Morgan fingerprint density at radius 1 is 0.312 bits per heavy atom. The van der Waals surface area contributed by atoms with E-state index in [-0.39, 0.29) is 193 Å². The van der Waals surface area contributed by atoms with Crippen LogP contribution >= 0.6 is 22.8 Å². The summed E-state index contributed by atoms with van der Waals surface area (Å²) < 4.78 is 134. The molecule has 3 fully saturated rings. The molecule has 93 heavy (non-hydrogen) atoms. The summed E-state index contributed by atoms with van der Waals surface area (Å²) in [5.74, 6) is 0. The summed E-state index contributed by atoms with van der Waals surface area (Å²) in [7, 11) is -30.1. The van der Waals surface area contributed by atoms with Crippen molar-refractivity contribution in [3.63, 3.8) is 0 Å². The zero-order chi connectivity index (χ0) is 65.3. The molecule has 0 spiro atoms. The summed E-state index contributed by atoms with van der Waals surface area (Å²) in [4.78, 5) is 55.3. The van der Waals surface area contributed by atoms with E-state index < -0.39 is 68.1 Å². The molecule has 3 aliphatic heterocycles. The van der Waals surface area contributed by atoms with Gasteiger partial charge in [-0.05, 0) is 202 Å². The summed E-state index contributed by atoms with van der Waals surface area (Å²) in [5.41, 5.74) is 12.9. The molecule has 0 saturated carbocycles. The van der Waals surface area contributed by atoms with Crippen molar-refractivity contribution in [3.05, 3.63) is 162 Å². The molecule has 6 aromatic carbocycles. The third kappa shape index (κ3) is 28.3. The molecule has 0 bridgehead atoms. The van der Waals surface area contributed by atoms with Crippen molar-refractivity contribution in [2.24, 2.45) is 0 Å². The van der Waals surface area contributed by atoms with Crippen molar-refractivity contribution in [2.45, 2.75) is 131 Å². The van der Waals surface area contributed by atoms with Crippen LogP contribution in [0.1, 0.15) is 113 Å². The van der Waals surface area contributed by atoms with Gasteiger partial charge >= 0.3 is 177 Å². The number of hydrogen-bond donors (Lipinski definition) is 6. The Morgan fingerprint density at radius 3 is 0.645 bits per heavy atom. The standard InChI is InChI=1S/3C21H28NO6PS.3K/c3*23-29(24,25)21(30(26,27)28)6-4-5-17-7-9-18(10-8-17)19-11-13-20(14-12-19)22-15-2-1-3-16-22;;;/h3*7-14,21H,1-6,15-16H2,(H2,23,24,25)(H,26,27,28);;;/q;;;3*+1/p-3. The van der Waals surface area contributed by atoms with Gasteiger partial charge in [-0.25, -0.2) is 25.3 Å². The molecule has 6 N–H and O–H groups in total. The first-order valence-electron chi connectivity index (χ1n) is 30.3. The normalized spacial score (nSPS) is 15.9. The van der Waals surface area contributed by atoms with Crippen molar-refractivity contribution in [3.8, 4) is 33.4 Å². The second kappa shape index (κ2) is 39.9. The van der Waals surface area contributed by atoms with E-state index in [2.05, 4.69) is 87.5 Å². The van der Waals surface area contributed by atoms with Crippen LogP contribution in [0.15, 0.2) is 146 Å². The molecule has 21 nitrogen and oxygen atoms in total. The third-order valence-electron chi connectivity index (χ3n) is 16.5. The van der Waals surface area contributed by atoms with Gasteiger partial charge in [0.05, 0.1) is 0 Å². The first kappa shape index (κ1) is 85.2. The number of aryl methyl sites for hydroxylation is 3. The summed E-state index contributed by atoms with van der Waals surface area (Å²) >= 11 is 0. The third-order valence-corrected chi connectivity index (χ3v) is 27.0. The summed E-state index contributed by atoms with van der Waals surface area (Å²) in [6.07, 6.45) is 12.1. The van der Waals surface area contributed by atoms with Crippen LogP contribution in [0.2, 0.25) is 0 Å². The minimum atomic E-state index is -5.05. The van der Waals surface area contributed by atoms with E-state index in [4.69, 9.17) is 29.4 Å². The van der Waals surface area contributed by atoms with Crippen LogP contribution in [0, 0.1) is 0 Å². The molecule has 3 saturated heterocycles. The molecule has 0 aromatic heterocycles. The van der Waals surface area contributed by atoms with E-state index in [1.807, 2.05) is 72.8 Å². The molecule has 492 valence electrons. The van der Waals surface area contributed by atoms with Crippen LogP contribution in [-0.4, -0.2) is 123 Å². The molecule has 3 aliphatic rings. The van der Waals surface area contributed by atoms with Gasteiger partial charge in [-0.15, -0.1) is 0 Å². The molecule has 6 aromatic rings. The average molecular weight is 1470 g/mol. The first-order valence-corrected chi connectivity index (χ1v) is 39.7. The van der Waals surface area contributed by atoms with Gasteiger partial charge in [0.25, 0.3) is 0 Å². The van der Waals surface area contributed by atoms with E-state index in [9.17, 15) is 52.6 Å². The van der Waals surface area contributed by atoms with E-state index in [0.29, 0.717) is 19.3 Å². The van der Waals surface area contributed by atoms with Crippen LogP contribution in [0.4, 0.5) is 17.1 Å². The van der Waals surface area contributed by atoms with Gasteiger partial charge in [0.2, 0.25) is 0 Å². The number of anilines is 3. The number of hydrogen-bond acceptors (Lipinski definition) is 15. The molecule has 3 atom stereocenters. The predicted octanol–water partition coefficient (Wildman–Crippen LogP) is 2.16. The fraction of sp³-hybridized carbons (Fsp3) is 0.429. The van der Waals surface area contributed by atoms with Crippen molar-refractivity contribution < 1.29 is 236 Å². The van der Waals surface area contributed by atoms with Crippen LogP contribution < -0.4 is 169 Å². The van der Waals surface area contributed by atoms with Crippen LogP contribution in [0.3, 0.4) is 0 Å².